The first-order chi connectivity index (χ1) is 8.13. The molecule has 0 aliphatic carbocycles. The number of aromatic nitrogens is 2. The zero-order chi connectivity index (χ0) is 12.7. The summed E-state index contributed by atoms with van der Waals surface area (Å²) >= 11 is 1.44. The van der Waals surface area contributed by atoms with Crippen LogP contribution in [0.4, 0.5) is 5.00 Å². The molecule has 0 aromatic carbocycles. The molecule has 0 spiro atoms. The first kappa shape index (κ1) is 14.3. The van der Waals surface area contributed by atoms with Crippen molar-refractivity contribution in [1.29, 1.82) is 0 Å². The highest BCUT2D eigenvalue weighted by Crippen LogP contribution is 2.18. The Morgan fingerprint density at radius 3 is 2.65 bits per heavy atom. The molecule has 0 saturated heterocycles. The van der Waals surface area contributed by atoms with E-state index in [2.05, 4.69) is 52.8 Å². The number of hydrogen-bond acceptors (Lipinski definition) is 6. The molecule has 1 rings (SSSR count). The van der Waals surface area contributed by atoms with E-state index in [1.165, 1.54) is 18.0 Å². The van der Waals surface area contributed by atoms with Crippen molar-refractivity contribution in [3.63, 3.8) is 0 Å². The van der Waals surface area contributed by atoms with Crippen LogP contribution in [-0.4, -0.2) is 60.2 Å². The van der Waals surface area contributed by atoms with Crippen molar-refractivity contribution >= 4 is 16.5 Å². The van der Waals surface area contributed by atoms with Gasteiger partial charge in [0.1, 0.15) is 10.7 Å². The van der Waals surface area contributed by atoms with Crippen LogP contribution < -0.4 is 5.32 Å². The van der Waals surface area contributed by atoms with Gasteiger partial charge >= 0.3 is 0 Å². The Balaban J connectivity index is 2.34. The van der Waals surface area contributed by atoms with Gasteiger partial charge in [-0.3, -0.25) is 0 Å². The predicted octanol–water partition coefficient (Wildman–Crippen LogP) is 1.35. The van der Waals surface area contributed by atoms with Crippen molar-refractivity contribution in [3.05, 3.63) is 5.69 Å². The maximum atomic E-state index is 4.17. The van der Waals surface area contributed by atoms with Crippen LogP contribution >= 0.6 is 11.5 Å². The van der Waals surface area contributed by atoms with E-state index in [-0.39, 0.29) is 0 Å². The van der Waals surface area contributed by atoms with Crippen LogP contribution in [0.15, 0.2) is 0 Å². The van der Waals surface area contributed by atoms with Gasteiger partial charge in [0.15, 0.2) is 0 Å². The third-order valence-corrected chi connectivity index (χ3v) is 3.18. The molecular weight excluding hydrogens is 234 g/mol. The Bertz CT molecular complexity index is 313. The minimum Gasteiger partial charge on any atom is -0.374 e. The molecule has 98 valence electrons. The van der Waals surface area contributed by atoms with Crippen LogP contribution in [0.5, 0.6) is 0 Å². The summed E-state index contributed by atoms with van der Waals surface area (Å²) in [6.45, 7) is 6.08. The summed E-state index contributed by atoms with van der Waals surface area (Å²) in [4.78, 5) is 4.50. The van der Waals surface area contributed by atoms with Gasteiger partial charge in [-0.15, -0.1) is 5.10 Å². The number of nitrogens with zero attached hydrogens (tertiary/aromatic N) is 4. The van der Waals surface area contributed by atoms with Gasteiger partial charge in [-0.2, -0.15) is 0 Å². The van der Waals surface area contributed by atoms with E-state index in [0.29, 0.717) is 0 Å². The van der Waals surface area contributed by atoms with E-state index in [9.17, 15) is 0 Å². The van der Waals surface area contributed by atoms with Crippen LogP contribution in [0, 0.1) is 0 Å². The molecule has 0 amide bonds. The van der Waals surface area contributed by atoms with E-state index < -0.39 is 0 Å². The smallest absolute Gasteiger partial charge is 0.134 e. The lowest BCUT2D eigenvalue weighted by Crippen LogP contribution is -2.24. The summed E-state index contributed by atoms with van der Waals surface area (Å²) in [5, 5.41) is 8.57. The summed E-state index contributed by atoms with van der Waals surface area (Å²) in [7, 11) is 6.34. The largest absolute Gasteiger partial charge is 0.374 e. The maximum Gasteiger partial charge on any atom is 0.134 e. The minimum absolute atomic E-state index is 0.867. The van der Waals surface area contributed by atoms with Gasteiger partial charge in [0, 0.05) is 24.6 Å². The fraction of sp³-hybridized carbons (Fsp3) is 0.818. The second-order valence-electron chi connectivity index (χ2n) is 4.47. The second-order valence-corrected chi connectivity index (χ2v) is 5.23. The zero-order valence-corrected chi connectivity index (χ0v) is 12.0. The Morgan fingerprint density at radius 1 is 1.24 bits per heavy atom. The molecule has 5 nitrogen and oxygen atoms in total. The Morgan fingerprint density at radius 2 is 2.00 bits per heavy atom. The van der Waals surface area contributed by atoms with Crippen molar-refractivity contribution in [2.75, 3.05) is 46.1 Å². The third kappa shape index (κ3) is 5.43. The van der Waals surface area contributed by atoms with E-state index >= 15 is 0 Å². The summed E-state index contributed by atoms with van der Waals surface area (Å²) < 4.78 is 4.00. The first-order valence-corrected chi connectivity index (χ1v) is 6.79. The van der Waals surface area contributed by atoms with E-state index in [1.807, 2.05) is 0 Å². The topological polar surface area (TPSA) is 44.3 Å². The summed E-state index contributed by atoms with van der Waals surface area (Å²) in [6, 6.07) is 0. The third-order valence-electron chi connectivity index (χ3n) is 2.46. The fourth-order valence-corrected chi connectivity index (χ4v) is 2.24. The summed E-state index contributed by atoms with van der Waals surface area (Å²) in [5.74, 6) is 0. The van der Waals surface area contributed by atoms with E-state index in [4.69, 9.17) is 0 Å². The summed E-state index contributed by atoms with van der Waals surface area (Å²) in [5.41, 5.74) is 1.06. The standard InChI is InChI=1S/C11H23N5S/c1-5-12-11-10(13-14-17-11)9-16(4)8-6-7-15(2)3/h12H,5-9H2,1-4H3. The molecule has 17 heavy (non-hydrogen) atoms. The molecule has 0 saturated carbocycles. The molecule has 0 aliphatic heterocycles. The lowest BCUT2D eigenvalue weighted by molar-refractivity contribution is 0.292. The van der Waals surface area contributed by atoms with Gasteiger partial charge in [0.2, 0.25) is 0 Å². The molecular formula is C11H23N5S. The molecule has 0 atom stereocenters. The normalized spacial score (nSPS) is 11.4. The van der Waals surface area contributed by atoms with Gasteiger partial charge in [0.05, 0.1) is 0 Å². The van der Waals surface area contributed by atoms with Gasteiger partial charge in [-0.05, 0) is 47.6 Å². The molecule has 1 heterocycles. The highest BCUT2D eigenvalue weighted by Gasteiger charge is 2.09. The number of nitrogens with one attached hydrogen (secondary N) is 1. The van der Waals surface area contributed by atoms with Gasteiger partial charge in [-0.25, -0.2) is 0 Å². The molecule has 1 aromatic rings. The maximum absolute atomic E-state index is 4.17. The molecule has 0 aliphatic rings. The second kappa shape index (κ2) is 7.58. The molecule has 0 radical (unpaired) electrons. The monoisotopic (exact) mass is 257 g/mol. The molecule has 1 N–H and O–H groups in total. The average Bonchev–Trinajstić information content (AvgIpc) is 2.66. The van der Waals surface area contributed by atoms with Crippen molar-refractivity contribution in [2.45, 2.75) is 19.9 Å². The van der Waals surface area contributed by atoms with Crippen molar-refractivity contribution in [2.24, 2.45) is 0 Å². The quantitative estimate of drug-likeness (QED) is 0.761. The van der Waals surface area contributed by atoms with Crippen molar-refractivity contribution in [1.82, 2.24) is 19.4 Å². The van der Waals surface area contributed by atoms with Crippen LogP contribution in [-0.2, 0) is 6.54 Å². The molecule has 1 aromatic heterocycles. The van der Waals surface area contributed by atoms with Gasteiger partial charge in [-0.1, -0.05) is 4.49 Å². The lowest BCUT2D eigenvalue weighted by atomic mass is 10.3. The van der Waals surface area contributed by atoms with Gasteiger partial charge in [0.25, 0.3) is 0 Å². The molecule has 0 bridgehead atoms. The Labute approximate surface area is 108 Å². The van der Waals surface area contributed by atoms with Crippen LogP contribution in [0.2, 0.25) is 0 Å². The first-order valence-electron chi connectivity index (χ1n) is 6.01. The molecule has 6 heteroatoms. The van der Waals surface area contributed by atoms with E-state index in [1.54, 1.807) is 0 Å². The average molecular weight is 257 g/mol. The summed E-state index contributed by atoms with van der Waals surface area (Å²) in [6.07, 6.45) is 1.18. The number of hydrogen-bond donors (Lipinski definition) is 1. The fourth-order valence-electron chi connectivity index (χ4n) is 1.60. The highest BCUT2D eigenvalue weighted by atomic mass is 32.1. The number of anilines is 1. The van der Waals surface area contributed by atoms with Crippen LogP contribution in [0.25, 0.3) is 0 Å². The minimum atomic E-state index is 0.867. The molecule has 0 unspecified atom stereocenters. The van der Waals surface area contributed by atoms with E-state index in [0.717, 1.165) is 36.9 Å². The van der Waals surface area contributed by atoms with Crippen LogP contribution in [0.1, 0.15) is 19.0 Å². The van der Waals surface area contributed by atoms with Crippen molar-refractivity contribution in [3.8, 4) is 0 Å². The molecule has 0 fully saturated rings. The van der Waals surface area contributed by atoms with Crippen molar-refractivity contribution < 1.29 is 0 Å². The predicted molar refractivity (Wildman–Crippen MR) is 73.6 cm³/mol. The number of rotatable bonds is 8. The van der Waals surface area contributed by atoms with Crippen LogP contribution in [0.3, 0.4) is 0 Å². The SMILES string of the molecule is CCNc1snnc1CN(C)CCCN(C)C. The Kier molecular flexibility index (Phi) is 6.39. The Hall–Kier alpha value is -0.720. The highest BCUT2D eigenvalue weighted by molar-refractivity contribution is 7.10. The lowest BCUT2D eigenvalue weighted by Gasteiger charge is -2.17. The zero-order valence-electron chi connectivity index (χ0n) is 11.2. The van der Waals surface area contributed by atoms with Gasteiger partial charge < -0.3 is 15.1 Å².